The summed E-state index contributed by atoms with van der Waals surface area (Å²) in [6, 6.07) is 0. The zero-order valence-corrected chi connectivity index (χ0v) is 10.8. The van der Waals surface area contributed by atoms with E-state index in [0.717, 1.165) is 0 Å². The van der Waals surface area contributed by atoms with Crippen molar-refractivity contribution in [1.82, 2.24) is 5.32 Å². The van der Waals surface area contributed by atoms with Crippen LogP contribution in [-0.4, -0.2) is 29.4 Å². The first-order valence-corrected chi connectivity index (χ1v) is 5.44. The Hall–Kier alpha value is -1.03. The van der Waals surface area contributed by atoms with E-state index in [4.69, 9.17) is 4.74 Å². The Labute approximate surface area is 97.7 Å². The van der Waals surface area contributed by atoms with Gasteiger partial charge in [0.05, 0.1) is 6.10 Å². The molecule has 0 saturated carbocycles. The summed E-state index contributed by atoms with van der Waals surface area (Å²) >= 11 is 0. The fourth-order valence-electron chi connectivity index (χ4n) is 1.16. The van der Waals surface area contributed by atoms with E-state index in [0.29, 0.717) is 12.1 Å². The molecule has 0 heterocycles. The second-order valence-corrected chi connectivity index (χ2v) is 5.15. The zero-order valence-electron chi connectivity index (χ0n) is 10.8. The molecule has 0 unspecified atom stereocenters. The summed E-state index contributed by atoms with van der Waals surface area (Å²) < 4.78 is 5.07. The average molecular weight is 229 g/mol. The maximum absolute atomic E-state index is 11.3. The van der Waals surface area contributed by atoms with Gasteiger partial charge in [0.1, 0.15) is 5.60 Å². The number of amides is 1. The van der Waals surface area contributed by atoms with Crippen LogP contribution in [0.25, 0.3) is 0 Å². The summed E-state index contributed by atoms with van der Waals surface area (Å²) in [5.74, 6) is -0.0787. The van der Waals surface area contributed by atoms with Crippen molar-refractivity contribution in [1.29, 1.82) is 0 Å². The van der Waals surface area contributed by atoms with Crippen molar-refractivity contribution in [2.75, 3.05) is 6.54 Å². The van der Waals surface area contributed by atoms with Crippen LogP contribution >= 0.6 is 0 Å². The summed E-state index contributed by atoms with van der Waals surface area (Å²) in [7, 11) is 0. The molecular formula is C12H23NO3. The van der Waals surface area contributed by atoms with E-state index in [1.54, 1.807) is 27.7 Å². The van der Waals surface area contributed by atoms with E-state index >= 15 is 0 Å². The van der Waals surface area contributed by atoms with E-state index in [1.165, 1.54) is 0 Å². The lowest BCUT2D eigenvalue weighted by molar-refractivity contribution is 0.0504. The molecular weight excluding hydrogens is 206 g/mol. The highest BCUT2D eigenvalue weighted by atomic mass is 16.6. The molecule has 4 heteroatoms. The number of hydrogen-bond donors (Lipinski definition) is 2. The van der Waals surface area contributed by atoms with Gasteiger partial charge in [-0.25, -0.2) is 4.79 Å². The molecule has 0 rings (SSSR count). The summed E-state index contributed by atoms with van der Waals surface area (Å²) in [5, 5.41) is 12.3. The molecule has 0 aliphatic carbocycles. The third kappa shape index (κ3) is 6.45. The van der Waals surface area contributed by atoms with Crippen molar-refractivity contribution in [3.8, 4) is 0 Å². The molecule has 0 aromatic carbocycles. The zero-order chi connectivity index (χ0) is 12.9. The maximum Gasteiger partial charge on any atom is 0.407 e. The van der Waals surface area contributed by atoms with Crippen LogP contribution in [-0.2, 0) is 4.74 Å². The van der Waals surface area contributed by atoms with Crippen LogP contribution in [0.2, 0.25) is 0 Å². The van der Waals surface area contributed by atoms with Crippen LogP contribution in [0, 0.1) is 5.92 Å². The van der Waals surface area contributed by atoms with Crippen molar-refractivity contribution in [3.63, 3.8) is 0 Å². The van der Waals surface area contributed by atoms with Crippen molar-refractivity contribution in [2.24, 2.45) is 5.92 Å². The lowest BCUT2D eigenvalue weighted by Crippen LogP contribution is -2.37. The van der Waals surface area contributed by atoms with Gasteiger partial charge in [0.2, 0.25) is 0 Å². The Morgan fingerprint density at radius 2 is 2.00 bits per heavy atom. The minimum absolute atomic E-state index is 0.0787. The molecule has 0 aliphatic heterocycles. The van der Waals surface area contributed by atoms with Crippen molar-refractivity contribution in [3.05, 3.63) is 12.2 Å². The second kappa shape index (κ2) is 5.89. The van der Waals surface area contributed by atoms with Gasteiger partial charge < -0.3 is 15.2 Å². The molecule has 0 spiro atoms. The first-order valence-electron chi connectivity index (χ1n) is 5.44. The fraction of sp³-hybridized carbons (Fsp3) is 0.750. The lowest BCUT2D eigenvalue weighted by Gasteiger charge is -2.22. The minimum Gasteiger partial charge on any atom is -0.444 e. The van der Waals surface area contributed by atoms with Gasteiger partial charge in [0.15, 0.2) is 0 Å². The van der Waals surface area contributed by atoms with Gasteiger partial charge in [-0.3, -0.25) is 0 Å². The van der Waals surface area contributed by atoms with Gasteiger partial charge in [0, 0.05) is 12.5 Å². The molecule has 0 fully saturated rings. The predicted molar refractivity (Wildman–Crippen MR) is 64.2 cm³/mol. The number of aliphatic hydroxyl groups is 1. The van der Waals surface area contributed by atoms with Gasteiger partial charge >= 0.3 is 6.09 Å². The molecule has 0 radical (unpaired) electrons. The standard InChI is InChI=1S/C12H23NO3/c1-8(2)10(14)9(3)7-13-11(15)16-12(4,5)6/h9-10,14H,1,7H2,2-6H3,(H,13,15)/t9-,10-/m1/s1. The number of alkyl carbamates (subject to hydrolysis) is 1. The maximum atomic E-state index is 11.3. The van der Waals surface area contributed by atoms with E-state index in [2.05, 4.69) is 11.9 Å². The number of carbonyl (C=O) groups is 1. The Morgan fingerprint density at radius 1 is 1.50 bits per heavy atom. The topological polar surface area (TPSA) is 58.6 Å². The Kier molecular flexibility index (Phi) is 5.51. The molecule has 0 bridgehead atoms. The van der Waals surface area contributed by atoms with Crippen molar-refractivity contribution < 1.29 is 14.6 Å². The SMILES string of the molecule is C=C(C)[C@@H](O)[C@H](C)CNC(=O)OC(C)(C)C. The van der Waals surface area contributed by atoms with E-state index in [9.17, 15) is 9.90 Å². The molecule has 0 aromatic heterocycles. The van der Waals surface area contributed by atoms with Crippen LogP contribution in [0.5, 0.6) is 0 Å². The van der Waals surface area contributed by atoms with Crippen LogP contribution in [0.1, 0.15) is 34.6 Å². The molecule has 0 aromatic rings. The molecule has 0 aliphatic rings. The number of carbonyl (C=O) groups excluding carboxylic acids is 1. The number of nitrogens with one attached hydrogen (secondary N) is 1. The van der Waals surface area contributed by atoms with Gasteiger partial charge in [-0.1, -0.05) is 19.1 Å². The fourth-order valence-corrected chi connectivity index (χ4v) is 1.16. The van der Waals surface area contributed by atoms with Gasteiger partial charge in [-0.2, -0.15) is 0 Å². The van der Waals surface area contributed by atoms with Crippen LogP contribution < -0.4 is 5.32 Å². The highest BCUT2D eigenvalue weighted by Gasteiger charge is 2.19. The summed E-state index contributed by atoms with van der Waals surface area (Å²) in [5.41, 5.74) is 0.193. The summed E-state index contributed by atoms with van der Waals surface area (Å²) in [4.78, 5) is 11.3. The summed E-state index contributed by atoms with van der Waals surface area (Å²) in [6.07, 6.45) is -1.07. The smallest absolute Gasteiger partial charge is 0.407 e. The summed E-state index contributed by atoms with van der Waals surface area (Å²) in [6.45, 7) is 13.0. The molecule has 0 saturated heterocycles. The van der Waals surface area contributed by atoms with Crippen molar-refractivity contribution >= 4 is 6.09 Å². The Morgan fingerprint density at radius 3 is 2.38 bits per heavy atom. The largest absolute Gasteiger partial charge is 0.444 e. The molecule has 2 atom stereocenters. The minimum atomic E-state index is -0.602. The van der Waals surface area contributed by atoms with Gasteiger partial charge in [-0.05, 0) is 27.7 Å². The highest BCUT2D eigenvalue weighted by molar-refractivity contribution is 5.67. The number of hydrogen-bond acceptors (Lipinski definition) is 3. The van der Waals surface area contributed by atoms with Crippen LogP contribution in [0.4, 0.5) is 4.79 Å². The first-order chi connectivity index (χ1) is 7.13. The molecule has 4 nitrogen and oxygen atoms in total. The van der Waals surface area contributed by atoms with Crippen LogP contribution in [0.15, 0.2) is 12.2 Å². The molecule has 1 amide bonds. The quantitative estimate of drug-likeness (QED) is 0.726. The Bertz CT molecular complexity index is 255. The lowest BCUT2D eigenvalue weighted by atomic mass is 10.00. The third-order valence-electron chi connectivity index (χ3n) is 2.01. The molecule has 2 N–H and O–H groups in total. The second-order valence-electron chi connectivity index (χ2n) is 5.15. The number of ether oxygens (including phenoxy) is 1. The van der Waals surface area contributed by atoms with Gasteiger partial charge in [0.25, 0.3) is 0 Å². The third-order valence-corrected chi connectivity index (χ3v) is 2.01. The monoisotopic (exact) mass is 229 g/mol. The van der Waals surface area contributed by atoms with Crippen molar-refractivity contribution in [2.45, 2.75) is 46.3 Å². The number of aliphatic hydroxyl groups excluding tert-OH is 1. The predicted octanol–water partition coefficient (Wildman–Crippen LogP) is 2.08. The molecule has 16 heavy (non-hydrogen) atoms. The van der Waals surface area contributed by atoms with Gasteiger partial charge in [-0.15, -0.1) is 0 Å². The Balaban J connectivity index is 3.97. The number of rotatable bonds is 4. The van der Waals surface area contributed by atoms with Crippen LogP contribution in [0.3, 0.4) is 0 Å². The van der Waals surface area contributed by atoms with E-state index < -0.39 is 17.8 Å². The highest BCUT2D eigenvalue weighted by Crippen LogP contribution is 2.10. The van der Waals surface area contributed by atoms with E-state index in [-0.39, 0.29) is 5.92 Å². The first kappa shape index (κ1) is 15.0. The average Bonchev–Trinajstić information content (AvgIpc) is 2.09. The molecule has 94 valence electrons. The normalized spacial score (nSPS) is 15.1. The van der Waals surface area contributed by atoms with E-state index in [1.807, 2.05) is 6.92 Å².